The quantitative estimate of drug-likeness (QED) is 0.705. The molecule has 3 N–H and O–H groups in total. The van der Waals surface area contributed by atoms with Gasteiger partial charge in [-0.2, -0.15) is 0 Å². The molecule has 6 nitrogen and oxygen atoms in total. The van der Waals surface area contributed by atoms with Crippen LogP contribution in [0.15, 0.2) is 24.3 Å². The topological polar surface area (TPSA) is 73.8 Å². The molecule has 128 valence electrons. The predicted molar refractivity (Wildman–Crippen MR) is 89.5 cm³/mol. The van der Waals surface area contributed by atoms with E-state index in [-0.39, 0.29) is 12.6 Å². The number of aliphatic hydroxyl groups is 1. The van der Waals surface area contributed by atoms with E-state index in [1.165, 1.54) is 5.56 Å². The average Bonchev–Trinajstić information content (AvgIpc) is 2.60. The highest BCUT2D eigenvalue weighted by atomic mass is 16.5. The molecule has 1 saturated heterocycles. The highest BCUT2D eigenvalue weighted by molar-refractivity contribution is 5.73. The van der Waals surface area contributed by atoms with Gasteiger partial charge in [-0.15, -0.1) is 0 Å². The SMILES string of the molecule is COc1ccc(CN2CCC(CNC(=O)NCCO)CC2)cc1. The third kappa shape index (κ3) is 6.08. The molecular formula is C17H27N3O3. The van der Waals surface area contributed by atoms with Gasteiger partial charge in [-0.25, -0.2) is 4.79 Å². The Kier molecular flexibility index (Phi) is 7.16. The number of aliphatic hydroxyl groups excluding tert-OH is 1. The van der Waals surface area contributed by atoms with Crippen molar-refractivity contribution in [3.05, 3.63) is 29.8 Å². The Labute approximate surface area is 137 Å². The zero-order chi connectivity index (χ0) is 16.5. The van der Waals surface area contributed by atoms with Crippen LogP contribution in [0.5, 0.6) is 5.75 Å². The lowest BCUT2D eigenvalue weighted by atomic mass is 9.96. The minimum Gasteiger partial charge on any atom is -0.497 e. The summed E-state index contributed by atoms with van der Waals surface area (Å²) in [5.74, 6) is 1.42. The molecule has 6 heteroatoms. The van der Waals surface area contributed by atoms with Gasteiger partial charge in [-0.1, -0.05) is 12.1 Å². The van der Waals surface area contributed by atoms with Gasteiger partial charge in [-0.3, -0.25) is 4.90 Å². The van der Waals surface area contributed by atoms with Crippen molar-refractivity contribution in [2.24, 2.45) is 5.92 Å². The highest BCUT2D eigenvalue weighted by Crippen LogP contribution is 2.19. The normalized spacial score (nSPS) is 16.1. The largest absolute Gasteiger partial charge is 0.497 e. The molecule has 1 aromatic rings. The second-order valence-corrected chi connectivity index (χ2v) is 5.93. The maximum absolute atomic E-state index is 11.4. The summed E-state index contributed by atoms with van der Waals surface area (Å²) in [5.41, 5.74) is 1.30. The van der Waals surface area contributed by atoms with Crippen molar-refractivity contribution < 1.29 is 14.6 Å². The zero-order valence-corrected chi connectivity index (χ0v) is 13.8. The molecule has 0 radical (unpaired) electrons. The molecule has 0 bridgehead atoms. The second-order valence-electron chi connectivity index (χ2n) is 5.93. The third-order valence-corrected chi connectivity index (χ3v) is 4.22. The van der Waals surface area contributed by atoms with Gasteiger partial charge in [0.25, 0.3) is 0 Å². The van der Waals surface area contributed by atoms with Gasteiger partial charge < -0.3 is 20.5 Å². The Hall–Kier alpha value is -1.79. The summed E-state index contributed by atoms with van der Waals surface area (Å²) in [4.78, 5) is 13.9. The van der Waals surface area contributed by atoms with E-state index in [1.54, 1.807) is 7.11 Å². The first-order chi connectivity index (χ1) is 11.2. The summed E-state index contributed by atoms with van der Waals surface area (Å²) < 4.78 is 5.18. The van der Waals surface area contributed by atoms with Gasteiger partial charge in [0.05, 0.1) is 13.7 Å². The number of methoxy groups -OCH3 is 1. The third-order valence-electron chi connectivity index (χ3n) is 4.22. The predicted octanol–water partition coefficient (Wildman–Crippen LogP) is 1.20. The van der Waals surface area contributed by atoms with Gasteiger partial charge in [0.1, 0.15) is 5.75 Å². The van der Waals surface area contributed by atoms with Crippen LogP contribution in [0.4, 0.5) is 4.79 Å². The summed E-state index contributed by atoms with van der Waals surface area (Å²) in [6.45, 7) is 4.03. The number of urea groups is 1. The molecule has 0 atom stereocenters. The van der Waals surface area contributed by atoms with Crippen LogP contribution >= 0.6 is 0 Å². The van der Waals surface area contributed by atoms with Crippen molar-refractivity contribution in [2.45, 2.75) is 19.4 Å². The number of hydrogen-bond donors (Lipinski definition) is 3. The van der Waals surface area contributed by atoms with Crippen LogP contribution in [0.3, 0.4) is 0 Å². The van der Waals surface area contributed by atoms with E-state index in [1.807, 2.05) is 12.1 Å². The number of carbonyl (C=O) groups excluding carboxylic acids is 1. The molecule has 1 fully saturated rings. The molecule has 1 aromatic carbocycles. The Morgan fingerprint density at radius 2 is 1.96 bits per heavy atom. The first-order valence-electron chi connectivity index (χ1n) is 8.19. The summed E-state index contributed by atoms with van der Waals surface area (Å²) >= 11 is 0. The van der Waals surface area contributed by atoms with Crippen LogP contribution in [0.25, 0.3) is 0 Å². The van der Waals surface area contributed by atoms with Crippen molar-refractivity contribution in [3.8, 4) is 5.75 Å². The lowest BCUT2D eigenvalue weighted by Crippen LogP contribution is -2.42. The van der Waals surface area contributed by atoms with E-state index in [9.17, 15) is 4.79 Å². The van der Waals surface area contributed by atoms with E-state index in [2.05, 4.69) is 27.7 Å². The van der Waals surface area contributed by atoms with Gasteiger partial charge in [0.2, 0.25) is 0 Å². The van der Waals surface area contributed by atoms with E-state index in [0.717, 1.165) is 38.2 Å². The van der Waals surface area contributed by atoms with Crippen LogP contribution in [0.2, 0.25) is 0 Å². The molecular weight excluding hydrogens is 294 g/mol. The van der Waals surface area contributed by atoms with E-state index < -0.39 is 0 Å². The van der Waals surface area contributed by atoms with Gasteiger partial charge in [0.15, 0.2) is 0 Å². The van der Waals surface area contributed by atoms with Crippen molar-refractivity contribution in [2.75, 3.05) is 39.9 Å². The molecule has 23 heavy (non-hydrogen) atoms. The van der Waals surface area contributed by atoms with Crippen molar-refractivity contribution in [1.29, 1.82) is 0 Å². The molecule has 0 spiro atoms. The summed E-state index contributed by atoms with van der Waals surface area (Å²) in [6.07, 6.45) is 2.19. The number of likely N-dealkylation sites (tertiary alicyclic amines) is 1. The number of nitrogens with zero attached hydrogens (tertiary/aromatic N) is 1. The first-order valence-corrected chi connectivity index (χ1v) is 8.19. The lowest BCUT2D eigenvalue weighted by molar-refractivity contribution is 0.174. The molecule has 0 aliphatic carbocycles. The van der Waals surface area contributed by atoms with Gasteiger partial charge >= 0.3 is 6.03 Å². The molecule has 0 unspecified atom stereocenters. The first kappa shape index (κ1) is 17.6. The fraction of sp³-hybridized carbons (Fsp3) is 0.588. The van der Waals surface area contributed by atoms with Crippen molar-refractivity contribution in [1.82, 2.24) is 15.5 Å². The number of ether oxygens (including phenoxy) is 1. The maximum Gasteiger partial charge on any atom is 0.314 e. The number of amides is 2. The Morgan fingerprint density at radius 1 is 1.26 bits per heavy atom. The fourth-order valence-corrected chi connectivity index (χ4v) is 2.81. The fourth-order valence-electron chi connectivity index (χ4n) is 2.81. The minimum atomic E-state index is -0.195. The minimum absolute atomic E-state index is 0.0306. The van der Waals surface area contributed by atoms with Crippen LogP contribution in [0, 0.1) is 5.92 Å². The Bertz CT molecular complexity index is 470. The van der Waals surface area contributed by atoms with E-state index >= 15 is 0 Å². The zero-order valence-electron chi connectivity index (χ0n) is 13.8. The number of hydrogen-bond acceptors (Lipinski definition) is 4. The van der Waals surface area contributed by atoms with Crippen LogP contribution in [-0.2, 0) is 6.54 Å². The molecule has 2 rings (SSSR count). The van der Waals surface area contributed by atoms with E-state index in [4.69, 9.17) is 9.84 Å². The van der Waals surface area contributed by atoms with Gasteiger partial charge in [-0.05, 0) is 49.5 Å². The number of nitrogens with one attached hydrogen (secondary N) is 2. The molecule has 1 aliphatic heterocycles. The lowest BCUT2D eigenvalue weighted by Gasteiger charge is -2.32. The Morgan fingerprint density at radius 3 is 2.57 bits per heavy atom. The van der Waals surface area contributed by atoms with E-state index in [0.29, 0.717) is 19.0 Å². The van der Waals surface area contributed by atoms with Crippen LogP contribution < -0.4 is 15.4 Å². The molecule has 2 amide bonds. The second kappa shape index (κ2) is 9.37. The number of carbonyl (C=O) groups is 1. The van der Waals surface area contributed by atoms with Crippen LogP contribution in [0.1, 0.15) is 18.4 Å². The summed E-state index contributed by atoms with van der Waals surface area (Å²) in [7, 11) is 1.68. The molecule has 0 aromatic heterocycles. The number of piperidine rings is 1. The maximum atomic E-state index is 11.4. The average molecular weight is 321 g/mol. The molecule has 1 heterocycles. The molecule has 1 aliphatic rings. The summed E-state index contributed by atoms with van der Waals surface area (Å²) in [6, 6.07) is 8.02. The number of benzene rings is 1. The standard InChI is InChI=1S/C17H27N3O3/c1-23-16-4-2-15(3-5-16)13-20-9-6-14(7-10-20)12-19-17(22)18-8-11-21/h2-5,14,21H,6-13H2,1H3,(H2,18,19,22). The molecule has 0 saturated carbocycles. The van der Waals surface area contributed by atoms with Gasteiger partial charge in [0, 0.05) is 19.6 Å². The monoisotopic (exact) mass is 321 g/mol. The van der Waals surface area contributed by atoms with Crippen molar-refractivity contribution in [3.63, 3.8) is 0 Å². The summed E-state index contributed by atoms with van der Waals surface area (Å²) in [5, 5.41) is 14.1. The van der Waals surface area contributed by atoms with Crippen molar-refractivity contribution >= 4 is 6.03 Å². The number of rotatable bonds is 7. The van der Waals surface area contributed by atoms with Crippen LogP contribution in [-0.4, -0.2) is 55.9 Å². The Balaban J connectivity index is 1.66. The smallest absolute Gasteiger partial charge is 0.314 e. The highest BCUT2D eigenvalue weighted by Gasteiger charge is 2.19.